The van der Waals surface area contributed by atoms with E-state index in [1.54, 1.807) is 19.2 Å². The summed E-state index contributed by atoms with van der Waals surface area (Å²) >= 11 is 0. The molecule has 0 aliphatic carbocycles. The van der Waals surface area contributed by atoms with Gasteiger partial charge in [0.05, 0.1) is 0 Å². The molecule has 1 aliphatic rings. The number of piperidine rings is 1. The number of methoxy groups -OCH3 is 1. The molecule has 0 bridgehead atoms. The zero-order valence-electron chi connectivity index (χ0n) is 15.7. The third-order valence-electron chi connectivity index (χ3n) is 5.04. The Balaban J connectivity index is 1.61. The van der Waals surface area contributed by atoms with E-state index in [9.17, 15) is 4.79 Å². The number of hydrogen-bond acceptors (Lipinski definition) is 4. The second kappa shape index (κ2) is 9.01. The summed E-state index contributed by atoms with van der Waals surface area (Å²) in [5.74, 6) is 0.768. The Morgan fingerprint density at radius 2 is 2.04 bits per heavy atom. The number of rotatable bonds is 7. The highest BCUT2D eigenvalue weighted by molar-refractivity contribution is 5.91. The molecule has 1 aromatic heterocycles. The van der Waals surface area contributed by atoms with Crippen LogP contribution in [0.15, 0.2) is 40.8 Å². The summed E-state index contributed by atoms with van der Waals surface area (Å²) in [5, 5.41) is 2.97. The van der Waals surface area contributed by atoms with Crippen LogP contribution in [-0.4, -0.2) is 30.5 Å². The molecule has 1 fully saturated rings. The lowest BCUT2D eigenvalue weighted by Crippen LogP contribution is -2.37. The van der Waals surface area contributed by atoms with E-state index < -0.39 is 0 Å². The Kier molecular flexibility index (Phi) is 6.47. The molecule has 2 heterocycles. The molecule has 140 valence electrons. The van der Waals surface area contributed by atoms with E-state index in [1.165, 1.54) is 24.8 Å². The van der Waals surface area contributed by atoms with Crippen molar-refractivity contribution in [3.05, 3.63) is 59.0 Å². The van der Waals surface area contributed by atoms with E-state index in [0.717, 1.165) is 18.7 Å². The number of nitrogens with one attached hydrogen (secondary N) is 1. The molecular formula is C21H28N2O3. The SMILES string of the molecule is COCc1ccc(C(=O)NCc2ccccc2CN2CCCCC2C)o1. The number of furan rings is 1. The fraction of sp³-hybridized carbons (Fsp3) is 0.476. The number of hydrogen-bond donors (Lipinski definition) is 1. The van der Waals surface area contributed by atoms with Gasteiger partial charge < -0.3 is 14.5 Å². The molecule has 1 unspecified atom stereocenters. The van der Waals surface area contributed by atoms with Crippen LogP contribution in [-0.2, 0) is 24.4 Å². The van der Waals surface area contributed by atoms with Crippen LogP contribution in [0.3, 0.4) is 0 Å². The van der Waals surface area contributed by atoms with Crippen LogP contribution >= 0.6 is 0 Å². The maximum absolute atomic E-state index is 12.3. The van der Waals surface area contributed by atoms with Gasteiger partial charge in [-0.25, -0.2) is 0 Å². The Bertz CT molecular complexity index is 726. The fourth-order valence-electron chi connectivity index (χ4n) is 3.48. The lowest BCUT2D eigenvalue weighted by Gasteiger charge is -2.33. The molecule has 0 spiro atoms. The van der Waals surface area contributed by atoms with E-state index in [2.05, 4.69) is 35.3 Å². The van der Waals surface area contributed by atoms with Crippen molar-refractivity contribution in [3.8, 4) is 0 Å². The highest BCUT2D eigenvalue weighted by Gasteiger charge is 2.19. The Morgan fingerprint density at radius 1 is 1.23 bits per heavy atom. The van der Waals surface area contributed by atoms with Gasteiger partial charge >= 0.3 is 0 Å². The number of carbonyl (C=O) groups is 1. The van der Waals surface area contributed by atoms with Crippen molar-refractivity contribution >= 4 is 5.91 Å². The van der Waals surface area contributed by atoms with Crippen molar-refractivity contribution in [2.24, 2.45) is 0 Å². The van der Waals surface area contributed by atoms with Crippen LogP contribution in [0.1, 0.15) is 53.6 Å². The van der Waals surface area contributed by atoms with Crippen LogP contribution in [0.5, 0.6) is 0 Å². The van der Waals surface area contributed by atoms with E-state index in [-0.39, 0.29) is 5.91 Å². The van der Waals surface area contributed by atoms with Crippen LogP contribution in [0.25, 0.3) is 0 Å². The quantitative estimate of drug-likeness (QED) is 0.821. The number of benzene rings is 1. The first-order valence-electron chi connectivity index (χ1n) is 9.34. The number of carbonyl (C=O) groups excluding carboxylic acids is 1. The highest BCUT2D eigenvalue weighted by atomic mass is 16.5. The lowest BCUT2D eigenvalue weighted by molar-refractivity contribution is 0.0914. The van der Waals surface area contributed by atoms with Crippen LogP contribution in [0.4, 0.5) is 0 Å². The molecule has 0 radical (unpaired) electrons. The van der Waals surface area contributed by atoms with Gasteiger partial charge in [0, 0.05) is 26.2 Å². The normalized spacial score (nSPS) is 18.0. The molecule has 2 aromatic rings. The molecule has 5 nitrogen and oxygen atoms in total. The average molecular weight is 356 g/mol. The third kappa shape index (κ3) is 4.74. The van der Waals surface area contributed by atoms with E-state index in [4.69, 9.17) is 9.15 Å². The maximum Gasteiger partial charge on any atom is 0.287 e. The summed E-state index contributed by atoms with van der Waals surface area (Å²) in [6, 6.07) is 12.4. The van der Waals surface area contributed by atoms with Gasteiger partial charge in [0.1, 0.15) is 12.4 Å². The number of nitrogens with zero attached hydrogens (tertiary/aromatic N) is 1. The summed E-state index contributed by atoms with van der Waals surface area (Å²) < 4.78 is 10.5. The highest BCUT2D eigenvalue weighted by Crippen LogP contribution is 2.21. The van der Waals surface area contributed by atoms with Gasteiger partial charge in [0.15, 0.2) is 5.76 Å². The predicted octanol–water partition coefficient (Wildman–Crippen LogP) is 3.73. The summed E-state index contributed by atoms with van der Waals surface area (Å²) in [4.78, 5) is 14.9. The maximum atomic E-state index is 12.3. The van der Waals surface area contributed by atoms with Crippen LogP contribution < -0.4 is 5.32 Å². The second-order valence-corrected chi connectivity index (χ2v) is 6.97. The first-order chi connectivity index (χ1) is 12.7. The zero-order chi connectivity index (χ0) is 18.4. The summed E-state index contributed by atoms with van der Waals surface area (Å²) in [6.07, 6.45) is 3.86. The minimum atomic E-state index is -0.200. The molecule has 1 amide bonds. The minimum Gasteiger partial charge on any atom is -0.453 e. The third-order valence-corrected chi connectivity index (χ3v) is 5.04. The van der Waals surface area contributed by atoms with Crippen molar-refractivity contribution in [2.75, 3.05) is 13.7 Å². The standard InChI is InChI=1S/C21H28N2O3/c1-16-7-5-6-12-23(16)14-18-9-4-3-8-17(18)13-22-21(24)20-11-10-19(26-20)15-25-2/h3-4,8-11,16H,5-7,12-15H2,1-2H3,(H,22,24). The summed E-state index contributed by atoms with van der Waals surface area (Å²) in [7, 11) is 1.60. The van der Waals surface area contributed by atoms with Crippen molar-refractivity contribution in [1.29, 1.82) is 0 Å². The molecule has 3 rings (SSSR count). The van der Waals surface area contributed by atoms with E-state index in [0.29, 0.717) is 30.7 Å². The molecule has 26 heavy (non-hydrogen) atoms. The Hall–Kier alpha value is -2.11. The van der Waals surface area contributed by atoms with Gasteiger partial charge in [0.25, 0.3) is 5.91 Å². The number of likely N-dealkylation sites (tertiary alicyclic amines) is 1. The molecular weight excluding hydrogens is 328 g/mol. The van der Waals surface area contributed by atoms with Gasteiger partial charge in [-0.1, -0.05) is 30.7 Å². The molecule has 1 atom stereocenters. The monoisotopic (exact) mass is 356 g/mol. The first-order valence-corrected chi connectivity index (χ1v) is 9.34. The topological polar surface area (TPSA) is 54.7 Å². The lowest BCUT2D eigenvalue weighted by atomic mass is 10.0. The van der Waals surface area contributed by atoms with Gasteiger partial charge in [-0.05, 0) is 49.6 Å². The van der Waals surface area contributed by atoms with E-state index in [1.807, 2.05) is 6.07 Å². The largest absolute Gasteiger partial charge is 0.453 e. The van der Waals surface area contributed by atoms with Gasteiger partial charge in [-0.3, -0.25) is 9.69 Å². The fourth-order valence-corrected chi connectivity index (χ4v) is 3.48. The molecule has 5 heteroatoms. The number of amides is 1. The average Bonchev–Trinajstić information content (AvgIpc) is 3.12. The Morgan fingerprint density at radius 3 is 2.81 bits per heavy atom. The molecule has 1 aliphatic heterocycles. The molecule has 1 aromatic carbocycles. The van der Waals surface area contributed by atoms with Gasteiger partial charge in [-0.15, -0.1) is 0 Å². The smallest absolute Gasteiger partial charge is 0.287 e. The summed E-state index contributed by atoms with van der Waals surface area (Å²) in [5.41, 5.74) is 2.43. The number of ether oxygens (including phenoxy) is 1. The molecule has 1 saturated heterocycles. The van der Waals surface area contributed by atoms with E-state index >= 15 is 0 Å². The minimum absolute atomic E-state index is 0.200. The summed E-state index contributed by atoms with van der Waals surface area (Å²) in [6.45, 7) is 5.25. The Labute approximate surface area is 155 Å². The van der Waals surface area contributed by atoms with Crippen molar-refractivity contribution in [2.45, 2.75) is 51.9 Å². The van der Waals surface area contributed by atoms with Gasteiger partial charge in [0.2, 0.25) is 0 Å². The van der Waals surface area contributed by atoms with Crippen molar-refractivity contribution in [1.82, 2.24) is 10.2 Å². The zero-order valence-corrected chi connectivity index (χ0v) is 15.7. The first kappa shape index (κ1) is 18.7. The molecule has 1 N–H and O–H groups in total. The van der Waals surface area contributed by atoms with Crippen LogP contribution in [0, 0.1) is 0 Å². The van der Waals surface area contributed by atoms with Gasteiger partial charge in [-0.2, -0.15) is 0 Å². The van der Waals surface area contributed by atoms with Crippen molar-refractivity contribution < 1.29 is 13.9 Å². The van der Waals surface area contributed by atoms with Crippen molar-refractivity contribution in [3.63, 3.8) is 0 Å². The predicted molar refractivity (Wildman–Crippen MR) is 101 cm³/mol. The molecule has 0 saturated carbocycles. The second-order valence-electron chi connectivity index (χ2n) is 6.97. The van der Waals surface area contributed by atoms with Crippen LogP contribution in [0.2, 0.25) is 0 Å².